The highest BCUT2D eigenvalue weighted by Gasteiger charge is 2.52. The summed E-state index contributed by atoms with van der Waals surface area (Å²) in [6, 6.07) is 2.34. The Hall–Kier alpha value is -3.16. The highest BCUT2D eigenvalue weighted by atomic mass is 16.7. The second-order valence-electron chi connectivity index (χ2n) is 11.7. The van der Waals surface area contributed by atoms with E-state index < -0.39 is 134 Å². The number of nitro benzene ring substituents is 1. The average Bonchev–Trinajstić information content (AvgIpc) is 3.06. The number of nitro groups is 1. The molecule has 3 saturated heterocycles. The van der Waals surface area contributed by atoms with Crippen molar-refractivity contribution in [2.45, 2.75) is 106 Å². The Morgan fingerprint density at radius 1 is 0.755 bits per heavy atom. The third-order valence-corrected chi connectivity index (χ3v) is 8.16. The quantitative estimate of drug-likeness (QED) is 0.0716. The minimum atomic E-state index is -1.87. The Morgan fingerprint density at radius 2 is 1.31 bits per heavy atom. The lowest BCUT2D eigenvalue weighted by Crippen LogP contribution is -2.68. The lowest BCUT2D eigenvalue weighted by molar-refractivity contribution is -0.386. The number of nitrogens with zero attached hydrogens (tertiary/aromatic N) is 1. The predicted octanol–water partition coefficient (Wildman–Crippen LogP) is -5.29. The molecule has 276 valence electrons. The van der Waals surface area contributed by atoms with Crippen molar-refractivity contribution >= 4 is 17.5 Å². The van der Waals surface area contributed by atoms with E-state index in [4.69, 9.17) is 28.4 Å². The van der Waals surface area contributed by atoms with Gasteiger partial charge in [0.15, 0.2) is 18.3 Å². The number of rotatable bonds is 12. The van der Waals surface area contributed by atoms with E-state index in [1.165, 1.54) is 18.2 Å². The zero-order valence-electron chi connectivity index (χ0n) is 26.2. The molecular formula is C28H41N3O18. The summed E-state index contributed by atoms with van der Waals surface area (Å²) in [4.78, 5) is 34.8. The molecule has 0 radical (unpaired) electrons. The monoisotopic (exact) mass is 707 g/mol. The third-order valence-electron chi connectivity index (χ3n) is 8.16. The Kier molecular flexibility index (Phi) is 13.2. The molecule has 4 rings (SSSR count). The van der Waals surface area contributed by atoms with Gasteiger partial charge in [-0.15, -0.1) is 0 Å². The molecule has 0 spiro atoms. The normalized spacial score (nSPS) is 39.5. The standard InChI is InChI=1S/C28H41N3O18/c1-10(34)29-17-21(38)20(37)16(48-27(17)45-13-6-4-3-5-12(13)31(42)43)9-44-26-18(30-11(2)35)22(39)25(15(8-33)47-26)49-28-24(41)23(40)19(36)14(7-32)46-28/h3-6,14-28,32-33,36-41H,7-9H2,1-2H3,(H,29,34)(H,30,35)/t14-,15-,16-,17-,18-,19+,20+,21-,22-,23+,24-,25-,26-,27+,28+/m1/s1. The van der Waals surface area contributed by atoms with E-state index in [1.54, 1.807) is 0 Å². The molecule has 3 aliphatic heterocycles. The maximum atomic E-state index is 12.1. The first kappa shape index (κ1) is 38.6. The zero-order chi connectivity index (χ0) is 36.2. The number of aliphatic hydroxyl groups excluding tert-OH is 8. The van der Waals surface area contributed by atoms with Crippen LogP contribution in [0, 0.1) is 10.1 Å². The fraction of sp³-hybridized carbons (Fsp3) is 0.714. The van der Waals surface area contributed by atoms with Crippen LogP contribution in [0.15, 0.2) is 24.3 Å². The molecule has 0 saturated carbocycles. The molecule has 3 aliphatic rings. The number of hydrogen-bond acceptors (Lipinski definition) is 18. The van der Waals surface area contributed by atoms with Crippen molar-refractivity contribution in [2.75, 3.05) is 19.8 Å². The fourth-order valence-corrected chi connectivity index (χ4v) is 5.68. The molecular weight excluding hydrogens is 666 g/mol. The van der Waals surface area contributed by atoms with Crippen molar-refractivity contribution < 1.29 is 83.8 Å². The van der Waals surface area contributed by atoms with Crippen LogP contribution in [0.4, 0.5) is 5.69 Å². The summed E-state index contributed by atoms with van der Waals surface area (Å²) in [5.74, 6) is -1.61. The second-order valence-corrected chi connectivity index (χ2v) is 11.7. The molecule has 2 amide bonds. The van der Waals surface area contributed by atoms with Gasteiger partial charge in [-0.1, -0.05) is 12.1 Å². The summed E-state index contributed by atoms with van der Waals surface area (Å²) in [5, 5.41) is 99.6. The Balaban J connectivity index is 1.52. The minimum absolute atomic E-state index is 0.281. The van der Waals surface area contributed by atoms with Gasteiger partial charge in [-0.3, -0.25) is 19.7 Å². The van der Waals surface area contributed by atoms with E-state index in [1.807, 2.05) is 0 Å². The van der Waals surface area contributed by atoms with Crippen LogP contribution in [0.2, 0.25) is 0 Å². The van der Waals surface area contributed by atoms with E-state index in [0.29, 0.717) is 0 Å². The lowest BCUT2D eigenvalue weighted by atomic mass is 9.95. The van der Waals surface area contributed by atoms with Crippen LogP contribution >= 0.6 is 0 Å². The summed E-state index contributed by atoms with van der Waals surface area (Å²) in [5.41, 5.74) is -0.459. The highest BCUT2D eigenvalue weighted by molar-refractivity contribution is 5.73. The Bertz CT molecular complexity index is 1290. The first-order valence-corrected chi connectivity index (χ1v) is 15.2. The van der Waals surface area contributed by atoms with Crippen molar-refractivity contribution in [3.63, 3.8) is 0 Å². The molecule has 0 unspecified atom stereocenters. The van der Waals surface area contributed by atoms with Crippen LogP contribution in [0.5, 0.6) is 5.75 Å². The summed E-state index contributed by atoms with van der Waals surface area (Å²) >= 11 is 0. The van der Waals surface area contributed by atoms with Gasteiger partial charge in [0.05, 0.1) is 24.7 Å². The molecule has 0 bridgehead atoms. The van der Waals surface area contributed by atoms with Gasteiger partial charge in [0.2, 0.25) is 18.1 Å². The van der Waals surface area contributed by atoms with Crippen LogP contribution in [0.1, 0.15) is 13.8 Å². The van der Waals surface area contributed by atoms with Gasteiger partial charge < -0.3 is 79.9 Å². The van der Waals surface area contributed by atoms with Crippen LogP contribution in [0.25, 0.3) is 0 Å². The first-order valence-electron chi connectivity index (χ1n) is 15.2. The van der Waals surface area contributed by atoms with E-state index >= 15 is 0 Å². The van der Waals surface area contributed by atoms with Gasteiger partial charge >= 0.3 is 5.69 Å². The topological polar surface area (TPSA) is 319 Å². The summed E-state index contributed by atoms with van der Waals surface area (Å²) < 4.78 is 34.0. The summed E-state index contributed by atoms with van der Waals surface area (Å²) in [6.07, 6.45) is -21.5. The largest absolute Gasteiger partial charge is 0.455 e. The predicted molar refractivity (Wildman–Crippen MR) is 156 cm³/mol. The van der Waals surface area contributed by atoms with E-state index in [9.17, 15) is 60.6 Å². The molecule has 0 aliphatic carbocycles. The summed E-state index contributed by atoms with van der Waals surface area (Å²) in [6.45, 7) is -0.0301. The third kappa shape index (κ3) is 8.78. The van der Waals surface area contributed by atoms with E-state index in [0.717, 1.165) is 19.9 Å². The first-order chi connectivity index (χ1) is 23.2. The van der Waals surface area contributed by atoms with E-state index in [2.05, 4.69) is 10.6 Å². The second kappa shape index (κ2) is 16.7. The van der Waals surface area contributed by atoms with Crippen molar-refractivity contribution in [1.29, 1.82) is 0 Å². The molecule has 21 nitrogen and oxygen atoms in total. The van der Waals surface area contributed by atoms with Crippen LogP contribution in [0.3, 0.4) is 0 Å². The number of carbonyl (C=O) groups excluding carboxylic acids is 2. The van der Waals surface area contributed by atoms with Crippen LogP contribution in [-0.2, 0) is 33.3 Å². The number of ether oxygens (including phenoxy) is 6. The molecule has 49 heavy (non-hydrogen) atoms. The van der Waals surface area contributed by atoms with Gasteiger partial charge in [0, 0.05) is 19.9 Å². The number of para-hydroxylation sites is 2. The number of aliphatic hydroxyl groups is 8. The minimum Gasteiger partial charge on any atom is -0.455 e. The van der Waals surface area contributed by atoms with Crippen molar-refractivity contribution in [1.82, 2.24) is 10.6 Å². The smallest absolute Gasteiger partial charge is 0.311 e. The number of nitrogens with one attached hydrogen (secondary N) is 2. The fourth-order valence-electron chi connectivity index (χ4n) is 5.68. The SMILES string of the molecule is CC(=O)N[C@H]1[C@H](OC[C@H]2O[C@H](Oc3ccccc3[N+](=O)[O-])[C@H](NC(C)=O)[C@@H](O)[C@H]2O)O[C@H](CO)[C@@H](O[C@@H]2O[C@H](CO)[C@H](O)[C@H](O)[C@H]2O)[C@@H]1O. The maximum absolute atomic E-state index is 12.1. The van der Waals surface area contributed by atoms with Gasteiger partial charge in [0.25, 0.3) is 0 Å². The lowest BCUT2D eigenvalue weighted by Gasteiger charge is -2.47. The highest BCUT2D eigenvalue weighted by Crippen LogP contribution is 2.33. The number of amides is 2. The number of hydrogen-bond donors (Lipinski definition) is 10. The van der Waals surface area contributed by atoms with Crippen molar-refractivity contribution in [3.8, 4) is 5.75 Å². The molecule has 0 aromatic heterocycles. The molecule has 21 heteroatoms. The van der Waals surface area contributed by atoms with Gasteiger partial charge in [0.1, 0.15) is 73.1 Å². The number of benzene rings is 1. The Labute approximate surface area is 278 Å². The number of carbonyl (C=O) groups is 2. The molecule has 15 atom stereocenters. The van der Waals surface area contributed by atoms with Gasteiger partial charge in [-0.25, -0.2) is 0 Å². The van der Waals surface area contributed by atoms with Gasteiger partial charge in [-0.2, -0.15) is 0 Å². The van der Waals surface area contributed by atoms with Crippen LogP contribution in [-0.4, -0.2) is 169 Å². The molecule has 3 heterocycles. The molecule has 3 fully saturated rings. The zero-order valence-corrected chi connectivity index (χ0v) is 26.2. The maximum Gasteiger partial charge on any atom is 0.311 e. The molecule has 1 aromatic carbocycles. The van der Waals surface area contributed by atoms with Crippen molar-refractivity contribution in [3.05, 3.63) is 34.4 Å². The summed E-state index contributed by atoms with van der Waals surface area (Å²) in [7, 11) is 0. The average molecular weight is 708 g/mol. The molecule has 10 N–H and O–H groups in total. The molecule has 1 aromatic rings. The van der Waals surface area contributed by atoms with E-state index in [-0.39, 0.29) is 5.75 Å². The van der Waals surface area contributed by atoms with Gasteiger partial charge in [-0.05, 0) is 6.07 Å². The Morgan fingerprint density at radius 3 is 1.90 bits per heavy atom. The van der Waals surface area contributed by atoms with Crippen molar-refractivity contribution in [2.24, 2.45) is 0 Å². The van der Waals surface area contributed by atoms with Crippen LogP contribution < -0.4 is 15.4 Å².